The van der Waals surface area contributed by atoms with Crippen LogP contribution in [0.3, 0.4) is 0 Å². The Morgan fingerprint density at radius 2 is 1.94 bits per heavy atom. The summed E-state index contributed by atoms with van der Waals surface area (Å²) in [4.78, 5) is 2.40. The van der Waals surface area contributed by atoms with Crippen LogP contribution in [0.4, 0.5) is 0 Å². The smallest absolute Gasteiger partial charge is 0.0453 e. The summed E-state index contributed by atoms with van der Waals surface area (Å²) in [6.07, 6.45) is 0.740. The van der Waals surface area contributed by atoms with Gasteiger partial charge in [0.25, 0.3) is 0 Å². The van der Waals surface area contributed by atoms with Crippen LogP contribution in [0.15, 0.2) is 24.3 Å². The molecule has 1 aromatic carbocycles. The average molecular weight is 291 g/mol. The van der Waals surface area contributed by atoms with E-state index in [1.807, 2.05) is 18.2 Å². The number of benzene rings is 1. The highest BCUT2D eigenvalue weighted by atomic mass is 35.5. The van der Waals surface area contributed by atoms with Crippen LogP contribution in [-0.4, -0.2) is 42.8 Å². The van der Waals surface area contributed by atoms with Crippen LogP contribution in [0, 0.1) is 0 Å². The van der Waals surface area contributed by atoms with Gasteiger partial charge in [-0.15, -0.1) is 12.4 Å². The van der Waals surface area contributed by atoms with E-state index in [2.05, 4.69) is 16.3 Å². The number of aliphatic hydroxyl groups is 1. The quantitative estimate of drug-likeness (QED) is 0.891. The maximum Gasteiger partial charge on any atom is 0.0453 e. The number of nitrogens with one attached hydrogen (secondary N) is 1. The van der Waals surface area contributed by atoms with Gasteiger partial charge in [0.1, 0.15) is 0 Å². The van der Waals surface area contributed by atoms with E-state index < -0.39 is 0 Å². The molecule has 3 nitrogen and oxygen atoms in total. The van der Waals surface area contributed by atoms with Gasteiger partial charge in [0.2, 0.25) is 0 Å². The molecule has 0 radical (unpaired) electrons. The number of hydrogen-bond acceptors (Lipinski definition) is 3. The second kappa shape index (κ2) is 7.97. The summed E-state index contributed by atoms with van der Waals surface area (Å²) in [5.41, 5.74) is 1.13. The maximum absolute atomic E-state index is 9.23. The molecule has 2 rings (SSSR count). The molecule has 0 bridgehead atoms. The molecule has 5 heteroatoms. The van der Waals surface area contributed by atoms with E-state index in [4.69, 9.17) is 11.6 Å². The topological polar surface area (TPSA) is 35.5 Å². The van der Waals surface area contributed by atoms with Crippen LogP contribution < -0.4 is 5.32 Å². The molecule has 1 aliphatic heterocycles. The number of hydrogen-bond donors (Lipinski definition) is 2. The Hall–Kier alpha value is -0.320. The molecule has 1 saturated heterocycles. The van der Waals surface area contributed by atoms with Crippen LogP contribution in [0.1, 0.15) is 18.0 Å². The van der Waals surface area contributed by atoms with Crippen molar-refractivity contribution in [3.05, 3.63) is 34.9 Å². The van der Waals surface area contributed by atoms with Crippen LogP contribution in [0.25, 0.3) is 0 Å². The van der Waals surface area contributed by atoms with Gasteiger partial charge in [0.15, 0.2) is 0 Å². The molecular formula is C13H20Cl2N2O. The highest BCUT2D eigenvalue weighted by molar-refractivity contribution is 6.31. The zero-order chi connectivity index (χ0) is 12.1. The van der Waals surface area contributed by atoms with E-state index in [1.54, 1.807) is 0 Å². The molecule has 102 valence electrons. The van der Waals surface area contributed by atoms with Gasteiger partial charge in [-0.2, -0.15) is 0 Å². The normalized spacial score (nSPS) is 18.1. The van der Waals surface area contributed by atoms with Crippen molar-refractivity contribution in [2.75, 3.05) is 32.8 Å². The van der Waals surface area contributed by atoms with E-state index >= 15 is 0 Å². The van der Waals surface area contributed by atoms with Crippen molar-refractivity contribution in [1.29, 1.82) is 0 Å². The van der Waals surface area contributed by atoms with Crippen molar-refractivity contribution in [3.63, 3.8) is 0 Å². The summed E-state index contributed by atoms with van der Waals surface area (Å²) < 4.78 is 0. The first-order valence-electron chi connectivity index (χ1n) is 6.13. The number of rotatable bonds is 4. The first-order chi connectivity index (χ1) is 8.33. The Morgan fingerprint density at radius 3 is 2.56 bits per heavy atom. The SMILES string of the molecule is Cl.OCC[C@@H](c1ccccc1Cl)N1CCNCC1. The fourth-order valence-corrected chi connectivity index (χ4v) is 2.66. The molecule has 1 aliphatic rings. The van der Waals surface area contributed by atoms with Gasteiger partial charge in [0, 0.05) is 43.9 Å². The number of halogens is 2. The van der Waals surface area contributed by atoms with Gasteiger partial charge < -0.3 is 10.4 Å². The predicted molar refractivity (Wildman–Crippen MR) is 77.6 cm³/mol. The maximum atomic E-state index is 9.23. The fourth-order valence-electron chi connectivity index (χ4n) is 2.40. The van der Waals surface area contributed by atoms with Crippen molar-refractivity contribution in [3.8, 4) is 0 Å². The molecule has 0 unspecified atom stereocenters. The summed E-state index contributed by atoms with van der Waals surface area (Å²) in [5.74, 6) is 0. The van der Waals surface area contributed by atoms with Crippen molar-refractivity contribution in [1.82, 2.24) is 10.2 Å². The Morgan fingerprint density at radius 1 is 1.28 bits per heavy atom. The largest absolute Gasteiger partial charge is 0.396 e. The third-order valence-corrected chi connectivity index (χ3v) is 3.60. The lowest BCUT2D eigenvalue weighted by atomic mass is 10.0. The Balaban J connectivity index is 0.00000162. The standard InChI is InChI=1S/C13H19ClN2O.ClH/c14-12-4-2-1-3-11(12)13(5-10-17)16-8-6-15-7-9-16;/h1-4,13,15,17H,5-10H2;1H/t13-;/m0./s1. The zero-order valence-electron chi connectivity index (χ0n) is 10.3. The van der Waals surface area contributed by atoms with Crippen molar-refractivity contribution < 1.29 is 5.11 Å². The molecule has 1 aromatic rings. The summed E-state index contributed by atoms with van der Waals surface area (Å²) in [7, 11) is 0. The van der Waals surface area contributed by atoms with E-state index in [0.29, 0.717) is 0 Å². The van der Waals surface area contributed by atoms with Crippen molar-refractivity contribution >= 4 is 24.0 Å². The number of piperazine rings is 1. The van der Waals surface area contributed by atoms with E-state index in [9.17, 15) is 5.11 Å². The first-order valence-corrected chi connectivity index (χ1v) is 6.51. The van der Waals surface area contributed by atoms with Gasteiger partial charge in [-0.25, -0.2) is 0 Å². The highest BCUT2D eigenvalue weighted by Gasteiger charge is 2.23. The second-order valence-corrected chi connectivity index (χ2v) is 4.74. The summed E-state index contributed by atoms with van der Waals surface area (Å²) in [6.45, 7) is 4.23. The molecule has 1 heterocycles. The van der Waals surface area contributed by atoms with Crippen LogP contribution in [0.5, 0.6) is 0 Å². The van der Waals surface area contributed by atoms with Gasteiger partial charge in [0.05, 0.1) is 0 Å². The third-order valence-electron chi connectivity index (χ3n) is 3.26. The Kier molecular flexibility index (Phi) is 6.97. The molecular weight excluding hydrogens is 271 g/mol. The molecule has 0 aromatic heterocycles. The first kappa shape index (κ1) is 15.7. The number of aliphatic hydroxyl groups excluding tert-OH is 1. The molecule has 0 saturated carbocycles. The van der Waals surface area contributed by atoms with Gasteiger partial charge in [-0.05, 0) is 18.1 Å². The monoisotopic (exact) mass is 290 g/mol. The minimum absolute atomic E-state index is 0. The fraction of sp³-hybridized carbons (Fsp3) is 0.538. The molecule has 1 fully saturated rings. The molecule has 0 amide bonds. The summed E-state index contributed by atoms with van der Waals surface area (Å²) in [6, 6.07) is 8.16. The van der Waals surface area contributed by atoms with Crippen molar-refractivity contribution in [2.45, 2.75) is 12.5 Å². The van der Waals surface area contributed by atoms with E-state index in [-0.39, 0.29) is 25.1 Å². The molecule has 0 aliphatic carbocycles. The lowest BCUT2D eigenvalue weighted by molar-refractivity contribution is 0.141. The molecule has 0 spiro atoms. The summed E-state index contributed by atoms with van der Waals surface area (Å²) >= 11 is 6.25. The van der Waals surface area contributed by atoms with Crippen molar-refractivity contribution in [2.24, 2.45) is 0 Å². The van der Waals surface area contributed by atoms with E-state index in [0.717, 1.165) is 43.2 Å². The minimum Gasteiger partial charge on any atom is -0.396 e. The lowest BCUT2D eigenvalue weighted by Gasteiger charge is -2.35. The van der Waals surface area contributed by atoms with Gasteiger partial charge in [-0.1, -0.05) is 29.8 Å². The van der Waals surface area contributed by atoms with E-state index in [1.165, 1.54) is 0 Å². The summed E-state index contributed by atoms with van der Waals surface area (Å²) in [5, 5.41) is 13.4. The zero-order valence-corrected chi connectivity index (χ0v) is 11.9. The van der Waals surface area contributed by atoms with Gasteiger partial charge in [-0.3, -0.25) is 4.90 Å². The molecule has 2 N–H and O–H groups in total. The average Bonchev–Trinajstić information content (AvgIpc) is 2.38. The van der Waals surface area contributed by atoms with Crippen LogP contribution >= 0.6 is 24.0 Å². The Bertz CT molecular complexity index is 357. The molecule has 18 heavy (non-hydrogen) atoms. The number of nitrogens with zero attached hydrogens (tertiary/aromatic N) is 1. The van der Waals surface area contributed by atoms with Gasteiger partial charge >= 0.3 is 0 Å². The minimum atomic E-state index is 0. The lowest BCUT2D eigenvalue weighted by Crippen LogP contribution is -2.45. The molecule has 1 atom stereocenters. The van der Waals surface area contributed by atoms with Crippen LogP contribution in [0.2, 0.25) is 5.02 Å². The predicted octanol–water partition coefficient (Wildman–Crippen LogP) is 2.09. The Labute approximate surface area is 120 Å². The van der Waals surface area contributed by atoms with Crippen LogP contribution in [-0.2, 0) is 0 Å². The second-order valence-electron chi connectivity index (χ2n) is 4.34. The highest BCUT2D eigenvalue weighted by Crippen LogP contribution is 2.29. The third kappa shape index (κ3) is 3.84.